The quantitative estimate of drug-likeness (QED) is 0.793. The zero-order valence-electron chi connectivity index (χ0n) is 10.0. The van der Waals surface area contributed by atoms with Gasteiger partial charge in [-0.3, -0.25) is 9.59 Å². The van der Waals surface area contributed by atoms with Gasteiger partial charge in [-0.15, -0.1) is 12.4 Å². The molecule has 0 atom stereocenters. The van der Waals surface area contributed by atoms with Gasteiger partial charge in [0.05, 0.1) is 17.9 Å². The Bertz CT molecular complexity index is 438. The van der Waals surface area contributed by atoms with Gasteiger partial charge in [0.15, 0.2) is 0 Å². The average Bonchev–Trinajstić information content (AvgIpc) is 2.21. The summed E-state index contributed by atoms with van der Waals surface area (Å²) in [6.07, 6.45) is 0. The molecule has 0 aliphatic carbocycles. The third-order valence-electron chi connectivity index (χ3n) is 1.90. The molecule has 0 fully saturated rings. The van der Waals surface area contributed by atoms with Crippen molar-refractivity contribution in [1.82, 2.24) is 5.32 Å². The van der Waals surface area contributed by atoms with Crippen molar-refractivity contribution in [1.29, 1.82) is 0 Å². The summed E-state index contributed by atoms with van der Waals surface area (Å²) in [6.45, 7) is 1.59. The molecule has 0 radical (unpaired) electrons. The van der Waals surface area contributed by atoms with Crippen LogP contribution in [0.1, 0.15) is 6.92 Å². The lowest BCUT2D eigenvalue weighted by atomic mass is 10.2. The number of carbonyl (C=O) groups excluding carboxylic acids is 2. The molecule has 0 saturated carbocycles. The largest absolute Gasteiger partial charge is 0.324 e. The van der Waals surface area contributed by atoms with Crippen LogP contribution >= 0.6 is 24.0 Å². The van der Waals surface area contributed by atoms with Gasteiger partial charge in [0.1, 0.15) is 0 Å². The van der Waals surface area contributed by atoms with E-state index in [1.807, 2.05) is 0 Å². The minimum atomic E-state index is -0.226. The molecule has 0 spiro atoms. The molecule has 18 heavy (non-hydrogen) atoms. The van der Waals surface area contributed by atoms with E-state index in [9.17, 15) is 9.59 Å². The van der Waals surface area contributed by atoms with Gasteiger partial charge < -0.3 is 16.0 Å². The second-order valence-corrected chi connectivity index (χ2v) is 3.89. The molecule has 0 bridgehead atoms. The summed E-state index contributed by atoms with van der Waals surface area (Å²) in [5.74, 6) is -0.419. The minimum absolute atomic E-state index is 0. The Morgan fingerprint density at radius 3 is 2.44 bits per heavy atom. The number of hydrogen-bond acceptors (Lipinski definition) is 3. The first-order valence-electron chi connectivity index (χ1n) is 5.04. The summed E-state index contributed by atoms with van der Waals surface area (Å²) in [5.41, 5.74) is 0.999. The normalized spacial score (nSPS) is 9.28. The van der Waals surface area contributed by atoms with Crippen LogP contribution in [0.25, 0.3) is 0 Å². The molecule has 0 heterocycles. The summed E-state index contributed by atoms with van der Waals surface area (Å²) in [7, 11) is 1.68. The molecule has 2 amide bonds. The van der Waals surface area contributed by atoms with E-state index in [0.29, 0.717) is 16.4 Å². The second kappa shape index (κ2) is 7.92. The van der Waals surface area contributed by atoms with Gasteiger partial charge in [-0.25, -0.2) is 0 Å². The molecule has 7 heteroatoms. The highest BCUT2D eigenvalue weighted by Crippen LogP contribution is 2.25. The minimum Gasteiger partial charge on any atom is -0.324 e. The first-order chi connectivity index (χ1) is 8.02. The van der Waals surface area contributed by atoms with Gasteiger partial charge in [-0.2, -0.15) is 0 Å². The van der Waals surface area contributed by atoms with Crippen LogP contribution in [0.15, 0.2) is 18.2 Å². The molecule has 0 aromatic heterocycles. The molecule has 1 rings (SSSR count). The fraction of sp³-hybridized carbons (Fsp3) is 0.273. The van der Waals surface area contributed by atoms with Crippen molar-refractivity contribution in [2.75, 3.05) is 24.2 Å². The molecule has 3 N–H and O–H groups in total. The predicted octanol–water partition coefficient (Wildman–Crippen LogP) is 1.88. The van der Waals surface area contributed by atoms with Gasteiger partial charge in [0, 0.05) is 11.9 Å². The van der Waals surface area contributed by atoms with Crippen molar-refractivity contribution in [3.05, 3.63) is 23.2 Å². The molecule has 0 aliphatic heterocycles. The summed E-state index contributed by atoms with van der Waals surface area (Å²) >= 11 is 5.82. The number of anilines is 2. The Hall–Kier alpha value is -1.30. The van der Waals surface area contributed by atoms with E-state index in [-0.39, 0.29) is 30.8 Å². The van der Waals surface area contributed by atoms with E-state index in [1.165, 1.54) is 6.92 Å². The Balaban J connectivity index is 0.00000289. The number of halogens is 2. The Kier molecular flexibility index (Phi) is 7.35. The standard InChI is InChI=1S/C11H14ClN3O2.ClH/c1-7(16)14-10-5-8(12)3-4-9(10)15-11(17)6-13-2;/h3-5,13H,6H2,1-2H3,(H,14,16)(H,15,17);1H. The van der Waals surface area contributed by atoms with E-state index >= 15 is 0 Å². The second-order valence-electron chi connectivity index (χ2n) is 3.45. The fourth-order valence-electron chi connectivity index (χ4n) is 1.27. The number of amides is 2. The number of rotatable bonds is 4. The van der Waals surface area contributed by atoms with E-state index in [0.717, 1.165) is 0 Å². The number of benzene rings is 1. The molecule has 0 saturated heterocycles. The summed E-state index contributed by atoms with van der Waals surface area (Å²) in [5, 5.41) is 8.49. The zero-order valence-corrected chi connectivity index (χ0v) is 11.6. The van der Waals surface area contributed by atoms with Crippen molar-refractivity contribution in [3.8, 4) is 0 Å². The highest BCUT2D eigenvalue weighted by atomic mass is 35.5. The first kappa shape index (κ1) is 16.7. The van der Waals surface area contributed by atoms with Crippen LogP contribution in [-0.4, -0.2) is 25.4 Å². The van der Waals surface area contributed by atoms with Crippen LogP contribution in [0.5, 0.6) is 0 Å². The highest BCUT2D eigenvalue weighted by molar-refractivity contribution is 6.31. The topological polar surface area (TPSA) is 70.2 Å². The maximum atomic E-state index is 11.4. The van der Waals surface area contributed by atoms with E-state index in [1.54, 1.807) is 25.2 Å². The van der Waals surface area contributed by atoms with Gasteiger partial charge in [-0.05, 0) is 25.2 Å². The third kappa shape index (κ3) is 5.35. The first-order valence-corrected chi connectivity index (χ1v) is 5.42. The lowest BCUT2D eigenvalue weighted by molar-refractivity contribution is -0.115. The predicted molar refractivity (Wildman–Crippen MR) is 75.6 cm³/mol. The lowest BCUT2D eigenvalue weighted by Crippen LogP contribution is -2.25. The van der Waals surface area contributed by atoms with E-state index in [4.69, 9.17) is 11.6 Å². The molecule has 5 nitrogen and oxygen atoms in total. The van der Waals surface area contributed by atoms with Crippen LogP contribution in [0.2, 0.25) is 5.02 Å². The van der Waals surface area contributed by atoms with Crippen molar-refractivity contribution >= 4 is 47.2 Å². The maximum absolute atomic E-state index is 11.4. The summed E-state index contributed by atoms with van der Waals surface area (Å²) in [6, 6.07) is 4.86. The van der Waals surface area contributed by atoms with Crippen molar-refractivity contribution < 1.29 is 9.59 Å². The van der Waals surface area contributed by atoms with Crippen LogP contribution in [0, 0.1) is 0 Å². The highest BCUT2D eigenvalue weighted by Gasteiger charge is 2.08. The molecule has 1 aromatic rings. The molecule has 1 aromatic carbocycles. The lowest BCUT2D eigenvalue weighted by Gasteiger charge is -2.11. The molecule has 0 aliphatic rings. The van der Waals surface area contributed by atoms with Crippen LogP contribution < -0.4 is 16.0 Å². The van der Waals surface area contributed by atoms with E-state index < -0.39 is 0 Å². The van der Waals surface area contributed by atoms with Crippen molar-refractivity contribution in [2.45, 2.75) is 6.92 Å². The van der Waals surface area contributed by atoms with E-state index in [2.05, 4.69) is 16.0 Å². The summed E-state index contributed by atoms with van der Waals surface area (Å²) < 4.78 is 0. The van der Waals surface area contributed by atoms with Crippen LogP contribution in [-0.2, 0) is 9.59 Å². The smallest absolute Gasteiger partial charge is 0.238 e. The zero-order chi connectivity index (χ0) is 12.8. The van der Waals surface area contributed by atoms with Gasteiger partial charge in [0.2, 0.25) is 11.8 Å². The number of likely N-dealkylation sites (N-methyl/N-ethyl adjacent to an activating group) is 1. The SMILES string of the molecule is CNCC(=O)Nc1ccc(Cl)cc1NC(C)=O.Cl. The molecule has 0 unspecified atom stereocenters. The Morgan fingerprint density at radius 2 is 1.89 bits per heavy atom. The van der Waals surface area contributed by atoms with Crippen molar-refractivity contribution in [2.24, 2.45) is 0 Å². The molecular formula is C11H15Cl2N3O2. The fourth-order valence-corrected chi connectivity index (χ4v) is 1.45. The number of hydrogen-bond donors (Lipinski definition) is 3. The average molecular weight is 292 g/mol. The number of carbonyl (C=O) groups is 2. The third-order valence-corrected chi connectivity index (χ3v) is 2.14. The summed E-state index contributed by atoms with van der Waals surface area (Å²) in [4.78, 5) is 22.4. The number of nitrogens with one attached hydrogen (secondary N) is 3. The van der Waals surface area contributed by atoms with Gasteiger partial charge in [0.25, 0.3) is 0 Å². The van der Waals surface area contributed by atoms with Gasteiger partial charge >= 0.3 is 0 Å². The van der Waals surface area contributed by atoms with Gasteiger partial charge in [-0.1, -0.05) is 11.6 Å². The monoisotopic (exact) mass is 291 g/mol. The Morgan fingerprint density at radius 1 is 1.22 bits per heavy atom. The van der Waals surface area contributed by atoms with Crippen molar-refractivity contribution in [3.63, 3.8) is 0 Å². The Labute approximate surface area is 117 Å². The van der Waals surface area contributed by atoms with Crippen LogP contribution in [0.3, 0.4) is 0 Å². The molecule has 100 valence electrons. The maximum Gasteiger partial charge on any atom is 0.238 e. The van der Waals surface area contributed by atoms with Crippen LogP contribution in [0.4, 0.5) is 11.4 Å². The molecular weight excluding hydrogens is 277 g/mol.